The van der Waals surface area contributed by atoms with E-state index in [1.807, 2.05) is 54.7 Å². The third-order valence-corrected chi connectivity index (χ3v) is 7.70. The standard InChI is InChI=1S/C25H25N3O2S/c29-31(30,27-15-13-18-6-2-1-3-7-18)20-11-12-24-23(16-20)21-9-4-10-22(21)25(28-24)19-8-5-14-26-17-19/h1-9,11-12,14,16-17,21-22,25,27-28H,10,13,15H2. The van der Waals surface area contributed by atoms with E-state index in [1.54, 1.807) is 12.3 Å². The molecule has 158 valence electrons. The molecule has 1 aromatic heterocycles. The minimum absolute atomic E-state index is 0.160. The van der Waals surface area contributed by atoms with Crippen molar-refractivity contribution in [3.63, 3.8) is 0 Å². The minimum Gasteiger partial charge on any atom is -0.378 e. The van der Waals surface area contributed by atoms with Gasteiger partial charge < -0.3 is 5.32 Å². The lowest BCUT2D eigenvalue weighted by atomic mass is 9.77. The number of sulfonamides is 1. The first-order chi connectivity index (χ1) is 15.1. The van der Waals surface area contributed by atoms with Gasteiger partial charge >= 0.3 is 0 Å². The summed E-state index contributed by atoms with van der Waals surface area (Å²) in [6.45, 7) is 0.372. The van der Waals surface area contributed by atoms with E-state index in [9.17, 15) is 8.42 Å². The Balaban J connectivity index is 1.38. The molecule has 0 saturated heterocycles. The molecule has 0 bridgehead atoms. The number of rotatable bonds is 6. The molecule has 5 nitrogen and oxygen atoms in total. The van der Waals surface area contributed by atoms with Gasteiger partial charge in [-0.25, -0.2) is 13.1 Å². The second kappa shape index (κ2) is 8.29. The molecular weight excluding hydrogens is 406 g/mol. The van der Waals surface area contributed by atoms with Gasteiger partial charge in [0.25, 0.3) is 0 Å². The van der Waals surface area contributed by atoms with Gasteiger partial charge in [0.1, 0.15) is 0 Å². The van der Waals surface area contributed by atoms with Crippen molar-refractivity contribution in [2.75, 3.05) is 11.9 Å². The number of nitrogens with one attached hydrogen (secondary N) is 2. The normalized spacial score (nSPS) is 21.9. The van der Waals surface area contributed by atoms with Gasteiger partial charge in [-0.15, -0.1) is 0 Å². The highest BCUT2D eigenvalue weighted by Crippen LogP contribution is 2.50. The van der Waals surface area contributed by atoms with Crippen molar-refractivity contribution >= 4 is 15.7 Å². The second-order valence-electron chi connectivity index (χ2n) is 8.14. The Morgan fingerprint density at radius 2 is 1.94 bits per heavy atom. The maximum absolute atomic E-state index is 12.9. The van der Waals surface area contributed by atoms with E-state index in [0.29, 0.717) is 23.8 Å². The van der Waals surface area contributed by atoms with Crippen LogP contribution in [0.1, 0.15) is 35.1 Å². The van der Waals surface area contributed by atoms with Gasteiger partial charge in [0.2, 0.25) is 10.0 Å². The Labute approximate surface area is 183 Å². The average molecular weight is 432 g/mol. The molecule has 3 aromatic rings. The molecular formula is C25H25N3O2S. The predicted molar refractivity (Wildman–Crippen MR) is 122 cm³/mol. The highest BCUT2D eigenvalue weighted by Gasteiger charge is 2.38. The van der Waals surface area contributed by atoms with Crippen molar-refractivity contribution in [1.29, 1.82) is 0 Å². The molecule has 0 amide bonds. The van der Waals surface area contributed by atoms with E-state index in [4.69, 9.17) is 0 Å². The van der Waals surface area contributed by atoms with E-state index in [2.05, 4.69) is 33.2 Å². The van der Waals surface area contributed by atoms with E-state index in [1.165, 1.54) is 0 Å². The van der Waals surface area contributed by atoms with Gasteiger partial charge in [0.05, 0.1) is 10.9 Å². The van der Waals surface area contributed by atoms with Crippen LogP contribution in [-0.2, 0) is 16.4 Å². The van der Waals surface area contributed by atoms with Crippen LogP contribution in [0.3, 0.4) is 0 Å². The fourth-order valence-electron chi connectivity index (χ4n) is 4.69. The summed E-state index contributed by atoms with van der Waals surface area (Å²) in [4.78, 5) is 4.60. The van der Waals surface area contributed by atoms with E-state index < -0.39 is 10.0 Å². The number of aromatic nitrogens is 1. The third kappa shape index (κ3) is 4.01. The van der Waals surface area contributed by atoms with Crippen molar-refractivity contribution in [1.82, 2.24) is 9.71 Å². The Morgan fingerprint density at radius 1 is 1.06 bits per heavy atom. The second-order valence-corrected chi connectivity index (χ2v) is 9.91. The molecule has 2 aliphatic rings. The summed E-state index contributed by atoms with van der Waals surface area (Å²) >= 11 is 0. The fraction of sp³-hybridized carbons (Fsp3) is 0.240. The number of pyridine rings is 1. The molecule has 5 rings (SSSR count). The lowest BCUT2D eigenvalue weighted by molar-refractivity contribution is 0.424. The minimum atomic E-state index is -3.57. The van der Waals surface area contributed by atoms with Crippen LogP contribution < -0.4 is 10.0 Å². The topological polar surface area (TPSA) is 71.1 Å². The number of hydrogen-bond acceptors (Lipinski definition) is 4. The Morgan fingerprint density at radius 3 is 2.74 bits per heavy atom. The van der Waals surface area contributed by atoms with Crippen LogP contribution in [0.2, 0.25) is 0 Å². The number of fused-ring (bicyclic) bond motifs is 3. The first-order valence-corrected chi connectivity index (χ1v) is 12.1. The van der Waals surface area contributed by atoms with Crippen LogP contribution in [0, 0.1) is 5.92 Å². The SMILES string of the molecule is O=S(=O)(NCCc1ccccc1)c1ccc2c(c1)C1C=CCC1C(c1cccnc1)N2. The molecule has 0 radical (unpaired) electrons. The van der Waals surface area contributed by atoms with Crippen LogP contribution in [0.15, 0.2) is 90.1 Å². The molecule has 2 heterocycles. The zero-order valence-electron chi connectivity index (χ0n) is 17.1. The Kier molecular flexibility index (Phi) is 5.34. The van der Waals surface area contributed by atoms with Crippen molar-refractivity contribution in [2.45, 2.75) is 29.7 Å². The highest BCUT2D eigenvalue weighted by molar-refractivity contribution is 7.89. The number of allylic oxidation sites excluding steroid dienone is 2. The maximum atomic E-state index is 12.9. The van der Waals surface area contributed by atoms with Crippen LogP contribution >= 0.6 is 0 Å². The van der Waals surface area contributed by atoms with Gasteiger partial charge in [0.15, 0.2) is 0 Å². The van der Waals surface area contributed by atoms with Crippen LogP contribution in [0.5, 0.6) is 0 Å². The third-order valence-electron chi connectivity index (χ3n) is 6.24. The quantitative estimate of drug-likeness (QED) is 0.567. The number of benzene rings is 2. The maximum Gasteiger partial charge on any atom is 0.240 e. The van der Waals surface area contributed by atoms with Gasteiger partial charge in [-0.05, 0) is 59.7 Å². The fourth-order valence-corrected chi connectivity index (χ4v) is 5.75. The zero-order valence-corrected chi connectivity index (χ0v) is 17.9. The average Bonchev–Trinajstić information content (AvgIpc) is 3.30. The van der Waals surface area contributed by atoms with Gasteiger partial charge in [-0.1, -0.05) is 48.6 Å². The summed E-state index contributed by atoms with van der Waals surface area (Å²) in [7, 11) is -3.57. The Hall–Kier alpha value is -2.96. The molecule has 6 heteroatoms. The van der Waals surface area contributed by atoms with Crippen LogP contribution in [-0.4, -0.2) is 19.9 Å². The summed E-state index contributed by atoms with van der Waals surface area (Å²) in [6.07, 6.45) is 9.73. The monoisotopic (exact) mass is 431 g/mol. The summed E-state index contributed by atoms with van der Waals surface area (Å²) in [5.74, 6) is 0.543. The number of anilines is 1. The summed E-state index contributed by atoms with van der Waals surface area (Å²) in [6, 6.07) is 19.5. The molecule has 2 N–H and O–H groups in total. The van der Waals surface area contributed by atoms with Crippen LogP contribution in [0.25, 0.3) is 0 Å². The molecule has 3 unspecified atom stereocenters. The smallest absolute Gasteiger partial charge is 0.240 e. The molecule has 31 heavy (non-hydrogen) atoms. The van der Waals surface area contributed by atoms with Crippen LogP contribution in [0.4, 0.5) is 5.69 Å². The summed E-state index contributed by atoms with van der Waals surface area (Å²) in [5.41, 5.74) is 4.31. The highest BCUT2D eigenvalue weighted by atomic mass is 32.2. The first-order valence-electron chi connectivity index (χ1n) is 10.6. The molecule has 0 fully saturated rings. The number of hydrogen-bond donors (Lipinski definition) is 2. The van der Waals surface area contributed by atoms with Crippen molar-refractivity contribution in [3.05, 3.63) is 102 Å². The summed E-state index contributed by atoms with van der Waals surface area (Å²) < 4.78 is 28.6. The van der Waals surface area contributed by atoms with Gasteiger partial charge in [0, 0.05) is 30.5 Å². The largest absolute Gasteiger partial charge is 0.378 e. The van der Waals surface area contributed by atoms with Crippen molar-refractivity contribution in [3.8, 4) is 0 Å². The lowest BCUT2D eigenvalue weighted by Crippen LogP contribution is -2.30. The first kappa shape index (κ1) is 20.0. The van der Waals surface area contributed by atoms with Crippen molar-refractivity contribution in [2.24, 2.45) is 5.92 Å². The van der Waals surface area contributed by atoms with E-state index >= 15 is 0 Å². The van der Waals surface area contributed by atoms with Gasteiger partial charge in [-0.3, -0.25) is 4.98 Å². The van der Waals surface area contributed by atoms with E-state index in [-0.39, 0.29) is 12.0 Å². The van der Waals surface area contributed by atoms with E-state index in [0.717, 1.165) is 28.8 Å². The molecule has 1 aliphatic heterocycles. The molecule has 1 aliphatic carbocycles. The molecule has 3 atom stereocenters. The predicted octanol–water partition coefficient (Wildman–Crippen LogP) is 4.43. The zero-order chi connectivity index (χ0) is 21.3. The Bertz CT molecular complexity index is 1190. The number of nitrogens with zero attached hydrogens (tertiary/aromatic N) is 1. The lowest BCUT2D eigenvalue weighted by Gasteiger charge is -2.37. The van der Waals surface area contributed by atoms with Crippen molar-refractivity contribution < 1.29 is 8.42 Å². The molecule has 0 spiro atoms. The van der Waals surface area contributed by atoms with Gasteiger partial charge in [-0.2, -0.15) is 0 Å². The molecule has 0 saturated carbocycles. The summed E-state index contributed by atoms with van der Waals surface area (Å²) in [5, 5.41) is 3.63. The molecule has 2 aromatic carbocycles.